The maximum atomic E-state index is 12.2. The van der Waals surface area contributed by atoms with Gasteiger partial charge in [0.15, 0.2) is 5.82 Å². The Morgan fingerprint density at radius 3 is 2.77 bits per heavy atom. The minimum atomic E-state index is -0.318. The van der Waals surface area contributed by atoms with E-state index in [1.807, 2.05) is 44.2 Å². The number of urea groups is 1. The highest BCUT2D eigenvalue weighted by Gasteiger charge is 2.12. The van der Waals surface area contributed by atoms with E-state index in [1.54, 1.807) is 12.3 Å². The predicted octanol–water partition coefficient (Wildman–Crippen LogP) is 3.88. The van der Waals surface area contributed by atoms with Crippen molar-refractivity contribution in [2.24, 2.45) is 0 Å². The van der Waals surface area contributed by atoms with Crippen molar-refractivity contribution >= 4 is 40.2 Å². The molecule has 2 unspecified atom stereocenters. The van der Waals surface area contributed by atoms with Crippen LogP contribution in [0.1, 0.15) is 25.5 Å². The van der Waals surface area contributed by atoms with E-state index in [0.717, 1.165) is 16.5 Å². The summed E-state index contributed by atoms with van der Waals surface area (Å²) in [4.78, 5) is 16.5. The molecular weight excluding hydrogens is 352 g/mol. The average Bonchev–Trinajstić information content (AvgIpc) is 3.04. The van der Waals surface area contributed by atoms with Crippen LogP contribution in [0.25, 0.3) is 10.9 Å². The third kappa shape index (κ3) is 4.23. The second-order valence-corrected chi connectivity index (χ2v) is 6.43. The number of carbonyl (C=O) groups excluding carboxylic acids is 1. The van der Waals surface area contributed by atoms with Crippen molar-refractivity contribution in [3.05, 3.63) is 48.2 Å². The first-order valence-electron chi connectivity index (χ1n) is 8.36. The fourth-order valence-electron chi connectivity index (χ4n) is 2.54. The Kier molecular flexibility index (Phi) is 5.58. The molecule has 26 heavy (non-hydrogen) atoms. The Labute approximate surface area is 156 Å². The number of nitrogens with one attached hydrogen (secondary N) is 4. The van der Waals surface area contributed by atoms with Crippen molar-refractivity contribution in [1.82, 2.24) is 20.5 Å². The summed E-state index contributed by atoms with van der Waals surface area (Å²) < 4.78 is 0. The molecular formula is C18H21ClN6O. The number of pyridine rings is 1. The van der Waals surface area contributed by atoms with Crippen LogP contribution in [-0.4, -0.2) is 33.1 Å². The molecule has 7 nitrogen and oxygen atoms in total. The monoisotopic (exact) mass is 372 g/mol. The molecule has 1 aromatic carbocycles. The molecule has 2 heterocycles. The number of alkyl halides is 1. The number of rotatable bonds is 6. The van der Waals surface area contributed by atoms with Gasteiger partial charge >= 0.3 is 6.03 Å². The van der Waals surface area contributed by atoms with Crippen LogP contribution < -0.4 is 16.0 Å². The summed E-state index contributed by atoms with van der Waals surface area (Å²) in [7, 11) is 0. The molecule has 0 fully saturated rings. The molecule has 0 bridgehead atoms. The summed E-state index contributed by atoms with van der Waals surface area (Å²) in [6, 6.07) is 11.2. The summed E-state index contributed by atoms with van der Waals surface area (Å²) in [6.45, 7) is 3.89. The van der Waals surface area contributed by atoms with E-state index in [0.29, 0.717) is 17.5 Å². The van der Waals surface area contributed by atoms with Crippen LogP contribution in [0.15, 0.2) is 42.6 Å². The zero-order valence-electron chi connectivity index (χ0n) is 14.6. The number of hydrogen-bond donors (Lipinski definition) is 4. The lowest BCUT2D eigenvalue weighted by atomic mass is 10.1. The minimum Gasteiger partial charge on any atom is -0.364 e. The highest BCUT2D eigenvalue weighted by atomic mass is 35.5. The number of amides is 2. The fourth-order valence-corrected chi connectivity index (χ4v) is 2.61. The number of H-pyrrole nitrogens is 1. The number of hydrogen-bond acceptors (Lipinski definition) is 4. The van der Waals surface area contributed by atoms with Crippen LogP contribution in [-0.2, 0) is 0 Å². The maximum absolute atomic E-state index is 12.2. The first-order chi connectivity index (χ1) is 12.6. The lowest BCUT2D eigenvalue weighted by Crippen LogP contribution is -2.31. The van der Waals surface area contributed by atoms with Crippen molar-refractivity contribution in [2.45, 2.75) is 25.9 Å². The third-order valence-corrected chi connectivity index (χ3v) is 4.41. The van der Waals surface area contributed by atoms with E-state index in [2.05, 4.69) is 31.1 Å². The van der Waals surface area contributed by atoms with Crippen molar-refractivity contribution in [3.8, 4) is 0 Å². The Morgan fingerprint density at radius 2 is 2.04 bits per heavy atom. The first kappa shape index (κ1) is 18.0. The number of nitrogens with zero attached hydrogens (tertiary/aromatic N) is 2. The van der Waals surface area contributed by atoms with Gasteiger partial charge in [0.25, 0.3) is 0 Å². The number of carbonyl (C=O) groups is 1. The largest absolute Gasteiger partial charge is 0.364 e. The zero-order chi connectivity index (χ0) is 18.5. The second kappa shape index (κ2) is 8.05. The van der Waals surface area contributed by atoms with Gasteiger partial charge in [0, 0.05) is 24.2 Å². The Balaban J connectivity index is 1.66. The molecule has 0 aliphatic heterocycles. The van der Waals surface area contributed by atoms with Gasteiger partial charge in [0.1, 0.15) is 5.82 Å². The van der Waals surface area contributed by atoms with Gasteiger partial charge in [0.2, 0.25) is 0 Å². The van der Waals surface area contributed by atoms with Crippen LogP contribution in [0.2, 0.25) is 0 Å². The molecule has 4 N–H and O–H groups in total. The minimum absolute atomic E-state index is 0.0891. The normalized spacial score (nSPS) is 13.2. The molecule has 0 spiro atoms. The van der Waals surface area contributed by atoms with Crippen LogP contribution in [0.5, 0.6) is 0 Å². The van der Waals surface area contributed by atoms with Gasteiger partial charge < -0.3 is 10.6 Å². The SMILES string of the molecule is CC(CCl)Nc1n[nH]c2cc(NC(=O)NC(C)c3ccccc3)ncc12. The van der Waals surface area contributed by atoms with Crippen LogP contribution in [0.4, 0.5) is 16.4 Å². The Hall–Kier alpha value is -2.80. The van der Waals surface area contributed by atoms with Gasteiger partial charge in [-0.25, -0.2) is 9.78 Å². The molecule has 8 heteroatoms. The molecule has 0 aliphatic carbocycles. The van der Waals surface area contributed by atoms with E-state index in [-0.39, 0.29) is 18.1 Å². The van der Waals surface area contributed by atoms with E-state index in [9.17, 15) is 4.79 Å². The summed E-state index contributed by atoms with van der Waals surface area (Å²) in [5.41, 5.74) is 1.81. The van der Waals surface area contributed by atoms with Gasteiger partial charge in [-0.2, -0.15) is 5.10 Å². The second-order valence-electron chi connectivity index (χ2n) is 6.12. The predicted molar refractivity (Wildman–Crippen MR) is 105 cm³/mol. The topological polar surface area (TPSA) is 94.7 Å². The molecule has 136 valence electrons. The molecule has 0 aliphatic rings. The van der Waals surface area contributed by atoms with Crippen molar-refractivity contribution < 1.29 is 4.79 Å². The van der Waals surface area contributed by atoms with Gasteiger partial charge in [-0.15, -0.1) is 11.6 Å². The number of anilines is 2. The molecule has 0 saturated carbocycles. The van der Waals surface area contributed by atoms with Crippen molar-refractivity contribution in [3.63, 3.8) is 0 Å². The number of halogens is 1. The number of fused-ring (bicyclic) bond motifs is 1. The quantitative estimate of drug-likeness (QED) is 0.494. The van der Waals surface area contributed by atoms with E-state index in [1.165, 1.54) is 0 Å². The first-order valence-corrected chi connectivity index (χ1v) is 8.89. The summed E-state index contributed by atoms with van der Waals surface area (Å²) >= 11 is 5.82. The fraction of sp³-hybridized carbons (Fsp3) is 0.278. The van der Waals surface area contributed by atoms with Crippen LogP contribution in [0.3, 0.4) is 0 Å². The molecule has 3 aromatic rings. The molecule has 3 rings (SSSR count). The number of benzene rings is 1. The number of aromatic nitrogens is 3. The van der Waals surface area contributed by atoms with Gasteiger partial charge in [-0.05, 0) is 19.4 Å². The van der Waals surface area contributed by atoms with E-state index >= 15 is 0 Å². The van der Waals surface area contributed by atoms with Crippen molar-refractivity contribution in [1.29, 1.82) is 0 Å². The lowest BCUT2D eigenvalue weighted by molar-refractivity contribution is 0.249. The van der Waals surface area contributed by atoms with Gasteiger partial charge in [0.05, 0.1) is 16.9 Å². The average molecular weight is 373 g/mol. The molecule has 2 atom stereocenters. The van der Waals surface area contributed by atoms with E-state index in [4.69, 9.17) is 11.6 Å². The smallest absolute Gasteiger partial charge is 0.320 e. The Bertz CT molecular complexity index is 882. The van der Waals surface area contributed by atoms with Gasteiger partial charge in [-0.3, -0.25) is 10.4 Å². The van der Waals surface area contributed by atoms with Crippen LogP contribution in [0, 0.1) is 0 Å². The maximum Gasteiger partial charge on any atom is 0.320 e. The summed E-state index contributed by atoms with van der Waals surface area (Å²) in [5, 5.41) is 16.8. The zero-order valence-corrected chi connectivity index (χ0v) is 15.3. The number of aromatic amines is 1. The van der Waals surface area contributed by atoms with Crippen molar-refractivity contribution in [2.75, 3.05) is 16.5 Å². The molecule has 0 radical (unpaired) electrons. The molecule has 2 amide bonds. The standard InChI is InChI=1S/C18H21ClN6O/c1-11(9-19)21-17-14-10-20-16(8-15(14)24-25-17)23-18(26)22-12(2)13-6-4-3-5-7-13/h3-8,10-12H,9H2,1-2H3,(H2,21,24,25)(H2,20,22,23,26). The highest BCUT2D eigenvalue weighted by molar-refractivity contribution is 6.18. The molecule has 0 saturated heterocycles. The lowest BCUT2D eigenvalue weighted by Gasteiger charge is -2.14. The van der Waals surface area contributed by atoms with E-state index < -0.39 is 0 Å². The Morgan fingerprint density at radius 1 is 1.27 bits per heavy atom. The summed E-state index contributed by atoms with van der Waals surface area (Å²) in [5.74, 6) is 1.60. The molecule has 2 aromatic heterocycles. The third-order valence-electron chi connectivity index (χ3n) is 3.95. The van der Waals surface area contributed by atoms with Gasteiger partial charge in [-0.1, -0.05) is 30.3 Å². The van der Waals surface area contributed by atoms with Crippen LogP contribution >= 0.6 is 11.6 Å². The highest BCUT2D eigenvalue weighted by Crippen LogP contribution is 2.22. The summed E-state index contributed by atoms with van der Waals surface area (Å²) in [6.07, 6.45) is 1.67.